The number of pyridine rings is 1. The van der Waals surface area contributed by atoms with Crippen molar-refractivity contribution in [1.82, 2.24) is 19.9 Å². The van der Waals surface area contributed by atoms with E-state index in [1.165, 1.54) is 20.2 Å². The van der Waals surface area contributed by atoms with Crippen LogP contribution >= 0.6 is 11.3 Å². The fourth-order valence-corrected chi connectivity index (χ4v) is 8.74. The lowest BCUT2D eigenvalue weighted by molar-refractivity contribution is 0.669. The highest BCUT2D eigenvalue weighted by molar-refractivity contribution is 7.26. The molecular weight excluding hydrogens is 681 g/mol. The van der Waals surface area contributed by atoms with Crippen LogP contribution in [0.15, 0.2) is 174 Å². The average molecular weight is 709 g/mol. The van der Waals surface area contributed by atoms with Crippen molar-refractivity contribution in [3.05, 3.63) is 170 Å². The summed E-state index contributed by atoms with van der Waals surface area (Å²) in [4.78, 5) is 20.2. The topological polar surface area (TPSA) is 64.7 Å². The van der Waals surface area contributed by atoms with Crippen LogP contribution in [-0.2, 0) is 0 Å². The summed E-state index contributed by atoms with van der Waals surface area (Å²) in [5.41, 5.74) is 9.54. The molecule has 0 amide bonds. The molecule has 0 saturated heterocycles. The van der Waals surface area contributed by atoms with E-state index in [0.717, 1.165) is 71.9 Å². The van der Waals surface area contributed by atoms with Gasteiger partial charge in [-0.2, -0.15) is 0 Å². The van der Waals surface area contributed by atoms with Gasteiger partial charge >= 0.3 is 0 Å². The Labute approximate surface area is 313 Å². The van der Waals surface area contributed by atoms with Gasteiger partial charge in [-0.25, -0.2) is 19.9 Å². The van der Waals surface area contributed by atoms with Crippen molar-refractivity contribution < 1.29 is 4.42 Å². The Hall–Kier alpha value is -7.02. The van der Waals surface area contributed by atoms with E-state index in [2.05, 4.69) is 121 Å². The summed E-state index contributed by atoms with van der Waals surface area (Å²) >= 11 is 1.78. The van der Waals surface area contributed by atoms with Crippen molar-refractivity contribution in [2.45, 2.75) is 0 Å². The summed E-state index contributed by atoms with van der Waals surface area (Å²) < 4.78 is 8.87. The van der Waals surface area contributed by atoms with Gasteiger partial charge in [0, 0.05) is 58.6 Å². The Kier molecular flexibility index (Phi) is 6.97. The SMILES string of the molecule is c1ccc(-c2nc(-c3ccc(-c4ccc(-c5nc6ccccc6c6c5oc5ccccc56)cc4)cc3)nc(-c3cccc4c3sc3ccccc34)n2)cc1. The quantitative estimate of drug-likeness (QED) is 0.178. The highest BCUT2D eigenvalue weighted by atomic mass is 32.1. The zero-order valence-electron chi connectivity index (χ0n) is 28.8. The van der Waals surface area contributed by atoms with E-state index < -0.39 is 0 Å². The van der Waals surface area contributed by atoms with Crippen LogP contribution in [0.25, 0.3) is 110 Å². The van der Waals surface area contributed by atoms with E-state index in [4.69, 9.17) is 24.4 Å². The summed E-state index contributed by atoms with van der Waals surface area (Å²) in [7, 11) is 0. The lowest BCUT2D eigenvalue weighted by Crippen LogP contribution is -2.00. The fraction of sp³-hybridized carbons (Fsp3) is 0. The number of nitrogens with zero attached hydrogens (tertiary/aromatic N) is 4. The van der Waals surface area contributed by atoms with Crippen molar-refractivity contribution in [2.75, 3.05) is 0 Å². The molecule has 252 valence electrons. The van der Waals surface area contributed by atoms with Gasteiger partial charge in [-0.15, -0.1) is 11.3 Å². The molecule has 0 unspecified atom stereocenters. The second kappa shape index (κ2) is 12.3. The van der Waals surface area contributed by atoms with E-state index in [0.29, 0.717) is 17.5 Å². The van der Waals surface area contributed by atoms with Crippen LogP contribution in [0.1, 0.15) is 0 Å². The van der Waals surface area contributed by atoms with Crippen LogP contribution in [0.2, 0.25) is 0 Å². The molecule has 4 heterocycles. The maximum atomic E-state index is 6.45. The summed E-state index contributed by atoms with van der Waals surface area (Å²) in [6.45, 7) is 0. The third-order valence-electron chi connectivity index (χ3n) is 10.2. The van der Waals surface area contributed by atoms with Crippen molar-refractivity contribution in [1.29, 1.82) is 0 Å². The Morgan fingerprint density at radius 3 is 1.74 bits per heavy atom. The van der Waals surface area contributed by atoms with Gasteiger partial charge in [0.2, 0.25) is 0 Å². The molecule has 11 rings (SSSR count). The number of benzene rings is 7. The second-order valence-electron chi connectivity index (χ2n) is 13.4. The highest BCUT2D eigenvalue weighted by Crippen LogP contribution is 2.41. The highest BCUT2D eigenvalue weighted by Gasteiger charge is 2.19. The minimum atomic E-state index is 0.635. The number of aromatic nitrogens is 4. The molecule has 5 nitrogen and oxygen atoms in total. The molecule has 0 aliphatic rings. The zero-order chi connectivity index (χ0) is 35.6. The Balaban J connectivity index is 0.975. The van der Waals surface area contributed by atoms with Crippen LogP contribution < -0.4 is 0 Å². The number of hydrogen-bond acceptors (Lipinski definition) is 6. The van der Waals surface area contributed by atoms with E-state index >= 15 is 0 Å². The number of hydrogen-bond donors (Lipinski definition) is 0. The first kappa shape index (κ1) is 30.6. The molecule has 4 aromatic heterocycles. The maximum Gasteiger partial charge on any atom is 0.165 e. The van der Waals surface area contributed by atoms with Crippen LogP contribution in [0.4, 0.5) is 0 Å². The van der Waals surface area contributed by atoms with Crippen molar-refractivity contribution in [3.63, 3.8) is 0 Å². The van der Waals surface area contributed by atoms with E-state index in [9.17, 15) is 0 Å². The molecule has 7 aromatic carbocycles. The van der Waals surface area contributed by atoms with Gasteiger partial charge in [0.25, 0.3) is 0 Å². The Bertz CT molecular complexity index is 3200. The number of thiophene rings is 1. The molecule has 11 aromatic rings. The normalized spacial score (nSPS) is 11.7. The van der Waals surface area contributed by atoms with Crippen molar-refractivity contribution in [2.24, 2.45) is 0 Å². The molecule has 6 heteroatoms. The molecule has 54 heavy (non-hydrogen) atoms. The number of fused-ring (bicyclic) bond motifs is 8. The molecular formula is C48H28N4OS. The smallest absolute Gasteiger partial charge is 0.165 e. The summed E-state index contributed by atoms with van der Waals surface area (Å²) in [6, 6.07) is 58.6. The van der Waals surface area contributed by atoms with Gasteiger partial charge in [0.15, 0.2) is 23.1 Å². The Morgan fingerprint density at radius 1 is 0.389 bits per heavy atom. The number of para-hydroxylation sites is 2. The molecule has 0 radical (unpaired) electrons. The maximum absolute atomic E-state index is 6.45. The van der Waals surface area contributed by atoms with Crippen LogP contribution in [0, 0.1) is 0 Å². The standard InChI is InChI=1S/C48H28N4OS/c1-2-11-32(12-3-1)46-50-47(52-48(51-46)38-17-10-16-35-34-13-6-9-20-41(34)54-45(35)38)33-27-23-30(24-28-33)29-21-25-31(26-22-29)43-44-42(36-14-4-7-18-39(36)49-43)37-15-5-8-19-40(37)53-44/h1-28H. The largest absolute Gasteiger partial charge is 0.454 e. The fourth-order valence-electron chi connectivity index (χ4n) is 7.53. The van der Waals surface area contributed by atoms with Gasteiger partial charge in [-0.05, 0) is 35.4 Å². The van der Waals surface area contributed by atoms with Gasteiger partial charge in [0.1, 0.15) is 11.3 Å². The first-order chi connectivity index (χ1) is 26.7. The summed E-state index contributed by atoms with van der Waals surface area (Å²) in [6.07, 6.45) is 0. The molecule has 0 spiro atoms. The zero-order valence-corrected chi connectivity index (χ0v) is 29.6. The lowest BCUT2D eigenvalue weighted by Gasteiger charge is -2.10. The monoisotopic (exact) mass is 708 g/mol. The minimum Gasteiger partial charge on any atom is -0.454 e. The Morgan fingerprint density at radius 2 is 0.963 bits per heavy atom. The van der Waals surface area contributed by atoms with Gasteiger partial charge in [0.05, 0.1) is 5.52 Å². The molecule has 0 fully saturated rings. The lowest BCUT2D eigenvalue weighted by atomic mass is 9.99. The van der Waals surface area contributed by atoms with Crippen LogP contribution in [0.5, 0.6) is 0 Å². The third kappa shape index (κ3) is 4.99. The first-order valence-corrected chi connectivity index (χ1v) is 18.7. The van der Waals surface area contributed by atoms with Gasteiger partial charge < -0.3 is 4.42 Å². The van der Waals surface area contributed by atoms with Gasteiger partial charge in [-0.3, -0.25) is 0 Å². The molecule has 0 atom stereocenters. The molecule has 0 aliphatic heterocycles. The summed E-state index contributed by atoms with van der Waals surface area (Å²) in [5.74, 6) is 1.95. The van der Waals surface area contributed by atoms with Crippen LogP contribution in [0.3, 0.4) is 0 Å². The average Bonchev–Trinajstić information content (AvgIpc) is 3.83. The van der Waals surface area contributed by atoms with Crippen molar-refractivity contribution >= 4 is 64.4 Å². The number of rotatable bonds is 5. The second-order valence-corrected chi connectivity index (χ2v) is 14.4. The minimum absolute atomic E-state index is 0.635. The summed E-state index contributed by atoms with van der Waals surface area (Å²) in [5, 5.41) is 5.75. The molecule has 0 N–H and O–H groups in total. The van der Waals surface area contributed by atoms with Crippen molar-refractivity contribution in [3.8, 4) is 56.5 Å². The third-order valence-corrected chi connectivity index (χ3v) is 11.4. The predicted molar refractivity (Wildman–Crippen MR) is 222 cm³/mol. The number of furan rings is 1. The van der Waals surface area contributed by atoms with Crippen LogP contribution in [-0.4, -0.2) is 19.9 Å². The predicted octanol–water partition coefficient (Wildman–Crippen LogP) is 13.0. The molecule has 0 saturated carbocycles. The molecule has 0 bridgehead atoms. The molecule has 0 aliphatic carbocycles. The first-order valence-electron chi connectivity index (χ1n) is 17.9. The van der Waals surface area contributed by atoms with E-state index in [1.54, 1.807) is 11.3 Å². The van der Waals surface area contributed by atoms with E-state index in [-0.39, 0.29) is 0 Å². The van der Waals surface area contributed by atoms with E-state index in [1.807, 2.05) is 48.5 Å². The van der Waals surface area contributed by atoms with Gasteiger partial charge in [-0.1, -0.05) is 146 Å².